The van der Waals surface area contributed by atoms with Gasteiger partial charge >= 0.3 is 0 Å². The van der Waals surface area contributed by atoms with E-state index in [-0.39, 0.29) is 5.82 Å². The molecule has 0 spiro atoms. The van der Waals surface area contributed by atoms with Crippen LogP contribution in [0.15, 0.2) is 30.3 Å². The third-order valence-electron chi connectivity index (χ3n) is 2.96. The van der Waals surface area contributed by atoms with Gasteiger partial charge in [-0.15, -0.1) is 0 Å². The van der Waals surface area contributed by atoms with Gasteiger partial charge in [0.15, 0.2) is 0 Å². The highest BCUT2D eigenvalue weighted by Gasteiger charge is 2.07. The van der Waals surface area contributed by atoms with Crippen LogP contribution in [0.1, 0.15) is 11.1 Å². The van der Waals surface area contributed by atoms with Crippen molar-refractivity contribution in [1.29, 1.82) is 0 Å². The van der Waals surface area contributed by atoms with E-state index < -0.39 is 0 Å². The van der Waals surface area contributed by atoms with Gasteiger partial charge in [0.05, 0.1) is 18.5 Å². The highest BCUT2D eigenvalue weighted by Crippen LogP contribution is 2.30. The second-order valence-corrected chi connectivity index (χ2v) is 4.50. The number of benzene rings is 2. The topological polar surface area (TPSA) is 47.3 Å². The first-order valence-corrected chi connectivity index (χ1v) is 5.98. The molecule has 0 amide bonds. The fourth-order valence-electron chi connectivity index (χ4n) is 2.14. The van der Waals surface area contributed by atoms with Crippen LogP contribution in [-0.4, -0.2) is 7.11 Å². The molecule has 0 aliphatic carbocycles. The zero-order valence-corrected chi connectivity index (χ0v) is 11.3. The molecule has 2 aromatic carbocycles. The Morgan fingerprint density at radius 2 is 1.74 bits per heavy atom. The van der Waals surface area contributed by atoms with Gasteiger partial charge in [-0.25, -0.2) is 4.39 Å². The zero-order chi connectivity index (χ0) is 14.0. The average Bonchev–Trinajstić information content (AvgIpc) is 2.33. The fraction of sp³-hybridized carbons (Fsp3) is 0.200. The second-order valence-electron chi connectivity index (χ2n) is 4.50. The summed E-state index contributed by atoms with van der Waals surface area (Å²) in [4.78, 5) is 0. The van der Waals surface area contributed by atoms with Crippen molar-refractivity contribution in [2.24, 2.45) is 0 Å². The molecule has 19 heavy (non-hydrogen) atoms. The SMILES string of the molecule is COc1c(C)cc(Nc2cc(F)ccc2N)cc1C. The quantitative estimate of drug-likeness (QED) is 0.826. The molecule has 0 fully saturated rings. The Labute approximate surface area is 112 Å². The highest BCUT2D eigenvalue weighted by molar-refractivity contribution is 5.73. The first-order chi connectivity index (χ1) is 9.01. The normalized spacial score (nSPS) is 10.3. The summed E-state index contributed by atoms with van der Waals surface area (Å²) in [5, 5.41) is 3.13. The van der Waals surface area contributed by atoms with E-state index in [0.717, 1.165) is 22.6 Å². The summed E-state index contributed by atoms with van der Waals surface area (Å²) >= 11 is 0. The monoisotopic (exact) mass is 260 g/mol. The summed E-state index contributed by atoms with van der Waals surface area (Å²) in [7, 11) is 1.65. The number of hydrogen-bond acceptors (Lipinski definition) is 3. The van der Waals surface area contributed by atoms with Crippen LogP contribution < -0.4 is 15.8 Å². The Balaban J connectivity index is 2.36. The van der Waals surface area contributed by atoms with E-state index in [9.17, 15) is 4.39 Å². The van der Waals surface area contributed by atoms with Crippen molar-refractivity contribution >= 4 is 17.1 Å². The average molecular weight is 260 g/mol. The van der Waals surface area contributed by atoms with Gasteiger partial charge in [0.25, 0.3) is 0 Å². The predicted molar refractivity (Wildman–Crippen MR) is 76.6 cm³/mol. The minimum atomic E-state index is -0.321. The Morgan fingerprint density at radius 1 is 1.11 bits per heavy atom. The minimum absolute atomic E-state index is 0.321. The van der Waals surface area contributed by atoms with Crippen LogP contribution in [0.4, 0.5) is 21.5 Å². The molecule has 3 nitrogen and oxygen atoms in total. The number of aryl methyl sites for hydroxylation is 2. The summed E-state index contributed by atoms with van der Waals surface area (Å²) in [6.45, 7) is 3.93. The molecule has 3 N–H and O–H groups in total. The number of nitrogens with one attached hydrogen (secondary N) is 1. The molecule has 0 aromatic heterocycles. The molecule has 0 unspecified atom stereocenters. The Bertz CT molecular complexity index is 588. The molecule has 0 radical (unpaired) electrons. The van der Waals surface area contributed by atoms with E-state index in [2.05, 4.69) is 5.32 Å². The van der Waals surface area contributed by atoms with Crippen molar-refractivity contribution in [1.82, 2.24) is 0 Å². The van der Waals surface area contributed by atoms with Crippen LogP contribution in [0, 0.1) is 19.7 Å². The van der Waals surface area contributed by atoms with Gasteiger partial charge in [-0.3, -0.25) is 0 Å². The number of halogens is 1. The summed E-state index contributed by atoms with van der Waals surface area (Å²) in [6.07, 6.45) is 0. The van der Waals surface area contributed by atoms with Crippen LogP contribution in [0.5, 0.6) is 5.75 Å². The second kappa shape index (κ2) is 5.18. The van der Waals surface area contributed by atoms with E-state index in [1.807, 2.05) is 26.0 Å². The van der Waals surface area contributed by atoms with Crippen molar-refractivity contribution in [3.05, 3.63) is 47.3 Å². The van der Waals surface area contributed by atoms with E-state index >= 15 is 0 Å². The Morgan fingerprint density at radius 3 is 2.32 bits per heavy atom. The van der Waals surface area contributed by atoms with Gasteiger partial charge < -0.3 is 15.8 Å². The molecule has 2 aromatic rings. The van der Waals surface area contributed by atoms with Crippen molar-refractivity contribution in [2.45, 2.75) is 13.8 Å². The summed E-state index contributed by atoms with van der Waals surface area (Å²) in [6, 6.07) is 8.14. The lowest BCUT2D eigenvalue weighted by Gasteiger charge is -2.14. The lowest BCUT2D eigenvalue weighted by atomic mass is 10.1. The smallest absolute Gasteiger partial charge is 0.125 e. The highest BCUT2D eigenvalue weighted by atomic mass is 19.1. The molecule has 0 heterocycles. The molecule has 0 saturated carbocycles. The molecule has 100 valence electrons. The molecule has 2 rings (SSSR count). The number of hydrogen-bond donors (Lipinski definition) is 2. The molecule has 0 aliphatic heterocycles. The van der Waals surface area contributed by atoms with Gasteiger partial charge in [-0.2, -0.15) is 0 Å². The maximum absolute atomic E-state index is 13.2. The van der Waals surface area contributed by atoms with Crippen molar-refractivity contribution in [3.8, 4) is 5.75 Å². The minimum Gasteiger partial charge on any atom is -0.496 e. The van der Waals surface area contributed by atoms with E-state index in [1.165, 1.54) is 12.1 Å². The van der Waals surface area contributed by atoms with Crippen molar-refractivity contribution in [2.75, 3.05) is 18.2 Å². The van der Waals surface area contributed by atoms with Gasteiger partial charge in [-0.1, -0.05) is 0 Å². The molecular formula is C15H17FN2O. The van der Waals surface area contributed by atoms with Crippen LogP contribution in [0.2, 0.25) is 0 Å². The molecular weight excluding hydrogens is 243 g/mol. The lowest BCUT2D eigenvalue weighted by Crippen LogP contribution is -1.99. The number of rotatable bonds is 3. The number of anilines is 3. The Hall–Kier alpha value is -2.23. The maximum atomic E-state index is 13.2. The summed E-state index contributed by atoms with van der Waals surface area (Å²) in [5.41, 5.74) is 9.76. The first-order valence-electron chi connectivity index (χ1n) is 5.98. The number of nitrogen functional groups attached to an aromatic ring is 1. The van der Waals surface area contributed by atoms with E-state index in [0.29, 0.717) is 11.4 Å². The van der Waals surface area contributed by atoms with E-state index in [4.69, 9.17) is 10.5 Å². The summed E-state index contributed by atoms with van der Waals surface area (Å²) < 4.78 is 18.5. The van der Waals surface area contributed by atoms with Crippen molar-refractivity contribution < 1.29 is 9.13 Å². The number of nitrogens with two attached hydrogens (primary N) is 1. The molecule has 4 heteroatoms. The summed E-state index contributed by atoms with van der Waals surface area (Å²) in [5.74, 6) is 0.538. The largest absolute Gasteiger partial charge is 0.496 e. The number of methoxy groups -OCH3 is 1. The van der Waals surface area contributed by atoms with Gasteiger partial charge in [0.1, 0.15) is 11.6 Å². The first kappa shape index (κ1) is 13.2. The molecule has 0 saturated heterocycles. The van der Waals surface area contributed by atoms with Gasteiger partial charge in [0, 0.05) is 5.69 Å². The van der Waals surface area contributed by atoms with Crippen LogP contribution in [0.25, 0.3) is 0 Å². The van der Waals surface area contributed by atoms with Gasteiger partial charge in [-0.05, 0) is 55.3 Å². The van der Waals surface area contributed by atoms with Crippen LogP contribution in [0.3, 0.4) is 0 Å². The zero-order valence-electron chi connectivity index (χ0n) is 11.3. The molecule has 0 atom stereocenters. The predicted octanol–water partition coefficient (Wildman–Crippen LogP) is 3.78. The van der Waals surface area contributed by atoms with Gasteiger partial charge in [0.2, 0.25) is 0 Å². The van der Waals surface area contributed by atoms with Crippen LogP contribution in [-0.2, 0) is 0 Å². The Kier molecular flexibility index (Phi) is 3.60. The molecule has 0 bridgehead atoms. The van der Waals surface area contributed by atoms with Crippen LogP contribution >= 0.6 is 0 Å². The fourth-order valence-corrected chi connectivity index (χ4v) is 2.14. The standard InChI is InChI=1S/C15H17FN2O/c1-9-6-12(7-10(2)15(9)19-3)18-14-8-11(16)4-5-13(14)17/h4-8,18H,17H2,1-3H3. The maximum Gasteiger partial charge on any atom is 0.125 e. The van der Waals surface area contributed by atoms with Crippen molar-refractivity contribution in [3.63, 3.8) is 0 Å². The molecule has 0 aliphatic rings. The third-order valence-corrected chi connectivity index (χ3v) is 2.96. The van der Waals surface area contributed by atoms with E-state index in [1.54, 1.807) is 13.2 Å². The lowest BCUT2D eigenvalue weighted by molar-refractivity contribution is 0.408. The number of ether oxygens (including phenoxy) is 1. The third kappa shape index (κ3) is 2.78.